The van der Waals surface area contributed by atoms with Crippen LogP contribution in [0.15, 0.2) is 0 Å². The number of carbonyl (C=O) groups is 3. The third kappa shape index (κ3) is 4.95. The first kappa shape index (κ1) is 13.6. The molecule has 1 aliphatic heterocycles. The number of hydrogen-bond acceptors (Lipinski definition) is 5. The third-order valence-corrected chi connectivity index (χ3v) is 2.52. The molecule has 0 bridgehead atoms. The maximum absolute atomic E-state index is 11.5. The molecule has 0 aromatic rings. The Hall–Kier alpha value is -1.43. The minimum atomic E-state index is -0.427. The SMILES string of the molecule is COC(=O)CCC(=O)CNC(=O)C1CCCO1. The van der Waals surface area contributed by atoms with E-state index in [1.165, 1.54) is 7.11 Å². The number of ketones is 1. The monoisotopic (exact) mass is 243 g/mol. The maximum Gasteiger partial charge on any atom is 0.305 e. The Bertz CT molecular complexity index is 296. The Morgan fingerprint density at radius 1 is 1.35 bits per heavy atom. The zero-order chi connectivity index (χ0) is 12.7. The lowest BCUT2D eigenvalue weighted by Gasteiger charge is -2.09. The van der Waals surface area contributed by atoms with Crippen LogP contribution in [0.2, 0.25) is 0 Å². The van der Waals surface area contributed by atoms with Crippen molar-refractivity contribution < 1.29 is 23.9 Å². The van der Waals surface area contributed by atoms with Gasteiger partial charge >= 0.3 is 5.97 Å². The molecule has 0 radical (unpaired) electrons. The van der Waals surface area contributed by atoms with E-state index in [0.717, 1.165) is 6.42 Å². The molecule has 1 N–H and O–H groups in total. The van der Waals surface area contributed by atoms with E-state index in [9.17, 15) is 14.4 Å². The van der Waals surface area contributed by atoms with Crippen LogP contribution in [0.4, 0.5) is 0 Å². The molecule has 1 saturated heterocycles. The lowest BCUT2D eigenvalue weighted by molar-refractivity contribution is -0.141. The van der Waals surface area contributed by atoms with Gasteiger partial charge in [-0.25, -0.2) is 0 Å². The minimum Gasteiger partial charge on any atom is -0.469 e. The van der Waals surface area contributed by atoms with E-state index in [1.807, 2.05) is 0 Å². The molecule has 6 nitrogen and oxygen atoms in total. The highest BCUT2D eigenvalue weighted by atomic mass is 16.5. The van der Waals surface area contributed by atoms with Crippen LogP contribution in [-0.2, 0) is 23.9 Å². The predicted molar refractivity (Wildman–Crippen MR) is 58.2 cm³/mol. The molecule has 0 saturated carbocycles. The Kier molecular flexibility index (Phi) is 5.62. The molecular formula is C11H17NO5. The molecule has 0 aliphatic carbocycles. The Balaban J connectivity index is 2.14. The van der Waals surface area contributed by atoms with E-state index < -0.39 is 12.1 Å². The molecule has 1 rings (SSSR count). The predicted octanol–water partition coefficient (Wildman–Crippen LogP) is -0.196. The summed E-state index contributed by atoms with van der Waals surface area (Å²) in [6, 6.07) is 0. The van der Waals surface area contributed by atoms with E-state index in [4.69, 9.17) is 4.74 Å². The van der Waals surface area contributed by atoms with Gasteiger partial charge in [0, 0.05) is 13.0 Å². The zero-order valence-electron chi connectivity index (χ0n) is 9.86. The van der Waals surface area contributed by atoms with E-state index in [-0.39, 0.29) is 31.1 Å². The number of amides is 1. The van der Waals surface area contributed by atoms with Crippen molar-refractivity contribution in [1.29, 1.82) is 0 Å². The smallest absolute Gasteiger partial charge is 0.305 e. The molecule has 96 valence electrons. The van der Waals surface area contributed by atoms with Crippen molar-refractivity contribution in [2.24, 2.45) is 0 Å². The minimum absolute atomic E-state index is 0.0468. The molecule has 0 aromatic carbocycles. The van der Waals surface area contributed by atoms with Gasteiger partial charge in [-0.3, -0.25) is 14.4 Å². The molecule has 1 aliphatic rings. The van der Waals surface area contributed by atoms with Gasteiger partial charge in [0.15, 0.2) is 5.78 Å². The second-order valence-electron chi connectivity index (χ2n) is 3.83. The summed E-state index contributed by atoms with van der Waals surface area (Å²) in [5.41, 5.74) is 0. The van der Waals surface area contributed by atoms with E-state index >= 15 is 0 Å². The summed E-state index contributed by atoms with van der Waals surface area (Å²) in [5.74, 6) is -0.875. The largest absolute Gasteiger partial charge is 0.469 e. The van der Waals surface area contributed by atoms with Crippen LogP contribution in [0.1, 0.15) is 25.7 Å². The number of carbonyl (C=O) groups excluding carboxylic acids is 3. The summed E-state index contributed by atoms with van der Waals surface area (Å²) < 4.78 is 9.57. The van der Waals surface area contributed by atoms with Crippen molar-refractivity contribution in [1.82, 2.24) is 5.32 Å². The molecule has 1 amide bonds. The maximum atomic E-state index is 11.5. The average molecular weight is 243 g/mol. The van der Waals surface area contributed by atoms with Crippen molar-refractivity contribution in [3.05, 3.63) is 0 Å². The molecular weight excluding hydrogens is 226 g/mol. The third-order valence-electron chi connectivity index (χ3n) is 2.52. The Morgan fingerprint density at radius 2 is 2.12 bits per heavy atom. The van der Waals surface area contributed by atoms with Gasteiger partial charge in [0.25, 0.3) is 0 Å². The van der Waals surface area contributed by atoms with Gasteiger partial charge in [-0.2, -0.15) is 0 Å². The van der Waals surface area contributed by atoms with Crippen LogP contribution in [0.5, 0.6) is 0 Å². The number of esters is 1. The summed E-state index contributed by atoms with van der Waals surface area (Å²) in [6.07, 6.45) is 1.27. The van der Waals surface area contributed by atoms with Gasteiger partial charge in [0.05, 0.1) is 20.1 Å². The molecule has 17 heavy (non-hydrogen) atoms. The quantitative estimate of drug-likeness (QED) is 0.653. The number of methoxy groups -OCH3 is 1. The first-order valence-corrected chi connectivity index (χ1v) is 5.61. The summed E-state index contributed by atoms with van der Waals surface area (Å²) in [7, 11) is 1.27. The topological polar surface area (TPSA) is 81.7 Å². The summed E-state index contributed by atoms with van der Waals surface area (Å²) in [6.45, 7) is 0.532. The summed E-state index contributed by atoms with van der Waals surface area (Å²) in [4.78, 5) is 33.6. The second kappa shape index (κ2) is 7.01. The zero-order valence-corrected chi connectivity index (χ0v) is 9.86. The highest BCUT2D eigenvalue weighted by Gasteiger charge is 2.23. The highest BCUT2D eigenvalue weighted by Crippen LogP contribution is 2.11. The normalized spacial score (nSPS) is 18.8. The van der Waals surface area contributed by atoms with Gasteiger partial charge in [-0.15, -0.1) is 0 Å². The van der Waals surface area contributed by atoms with Crippen molar-refractivity contribution in [2.75, 3.05) is 20.3 Å². The Morgan fingerprint density at radius 3 is 2.71 bits per heavy atom. The van der Waals surface area contributed by atoms with E-state index in [1.54, 1.807) is 0 Å². The van der Waals surface area contributed by atoms with Crippen molar-refractivity contribution in [3.63, 3.8) is 0 Å². The lowest BCUT2D eigenvalue weighted by atomic mass is 10.2. The number of rotatable bonds is 6. The Labute approximate surface area is 99.6 Å². The first-order chi connectivity index (χ1) is 8.13. The fourth-order valence-electron chi connectivity index (χ4n) is 1.52. The summed E-state index contributed by atoms with van der Waals surface area (Å²) >= 11 is 0. The fraction of sp³-hybridized carbons (Fsp3) is 0.727. The molecule has 1 fully saturated rings. The highest BCUT2D eigenvalue weighted by molar-refractivity contribution is 5.89. The van der Waals surface area contributed by atoms with Gasteiger partial charge in [0.2, 0.25) is 5.91 Å². The molecule has 0 spiro atoms. The molecule has 1 unspecified atom stereocenters. The molecule has 1 heterocycles. The fourth-order valence-corrected chi connectivity index (χ4v) is 1.52. The van der Waals surface area contributed by atoms with Crippen molar-refractivity contribution in [2.45, 2.75) is 31.8 Å². The van der Waals surface area contributed by atoms with Gasteiger partial charge < -0.3 is 14.8 Å². The van der Waals surface area contributed by atoms with Crippen LogP contribution >= 0.6 is 0 Å². The number of nitrogens with one attached hydrogen (secondary N) is 1. The van der Waals surface area contributed by atoms with E-state index in [2.05, 4.69) is 10.1 Å². The summed E-state index contributed by atoms with van der Waals surface area (Å²) in [5, 5.41) is 2.50. The number of hydrogen-bond donors (Lipinski definition) is 1. The van der Waals surface area contributed by atoms with Crippen LogP contribution < -0.4 is 5.32 Å². The van der Waals surface area contributed by atoms with Crippen LogP contribution in [0.3, 0.4) is 0 Å². The average Bonchev–Trinajstić information content (AvgIpc) is 2.86. The van der Waals surface area contributed by atoms with Gasteiger partial charge in [-0.05, 0) is 12.8 Å². The van der Waals surface area contributed by atoms with Crippen LogP contribution in [0.25, 0.3) is 0 Å². The van der Waals surface area contributed by atoms with Crippen molar-refractivity contribution in [3.8, 4) is 0 Å². The standard InChI is InChI=1S/C11H17NO5/c1-16-10(14)5-4-8(13)7-12-11(15)9-3-2-6-17-9/h9H,2-7H2,1H3,(H,12,15). The first-order valence-electron chi connectivity index (χ1n) is 5.61. The van der Waals surface area contributed by atoms with Gasteiger partial charge in [-0.1, -0.05) is 0 Å². The molecule has 6 heteroatoms. The second-order valence-corrected chi connectivity index (χ2v) is 3.83. The van der Waals surface area contributed by atoms with E-state index in [0.29, 0.717) is 13.0 Å². The number of Topliss-reactive ketones (excluding diaryl/α,β-unsaturated/α-hetero) is 1. The van der Waals surface area contributed by atoms with Crippen molar-refractivity contribution >= 4 is 17.7 Å². The van der Waals surface area contributed by atoms with Gasteiger partial charge in [0.1, 0.15) is 6.10 Å². The number of ether oxygens (including phenoxy) is 2. The van der Waals surface area contributed by atoms with Crippen LogP contribution in [-0.4, -0.2) is 44.0 Å². The molecule has 1 atom stereocenters. The lowest BCUT2D eigenvalue weighted by Crippen LogP contribution is -2.37. The van der Waals surface area contributed by atoms with Crippen LogP contribution in [0, 0.1) is 0 Å². The molecule has 0 aromatic heterocycles.